The van der Waals surface area contributed by atoms with E-state index in [0.29, 0.717) is 10.3 Å². The van der Waals surface area contributed by atoms with Crippen molar-refractivity contribution in [3.05, 3.63) is 35.4 Å². The first-order valence-electron chi connectivity index (χ1n) is 5.54. The number of hydrogen-bond donors (Lipinski definition) is 1. The third-order valence-electron chi connectivity index (χ3n) is 2.43. The van der Waals surface area contributed by atoms with Gasteiger partial charge in [0.05, 0.1) is 0 Å². The maximum atomic E-state index is 11.1. The Morgan fingerprint density at radius 3 is 2.75 bits per heavy atom. The number of halogens is 1. The number of hydrogen-bond acceptors (Lipinski definition) is 1. The Kier molecular flexibility index (Phi) is 5.80. The van der Waals surface area contributed by atoms with Crippen molar-refractivity contribution in [3.8, 4) is 0 Å². The van der Waals surface area contributed by atoms with E-state index < -0.39 is 0 Å². The monoisotopic (exact) mass is 331 g/mol. The Morgan fingerprint density at radius 2 is 2.12 bits per heavy atom. The van der Waals surface area contributed by atoms with Crippen molar-refractivity contribution in [2.24, 2.45) is 0 Å². The highest BCUT2D eigenvalue weighted by Gasteiger charge is 2.02. The topological polar surface area (TPSA) is 29.1 Å². The van der Waals surface area contributed by atoms with Gasteiger partial charge in [-0.15, -0.1) is 0 Å². The summed E-state index contributed by atoms with van der Waals surface area (Å²) in [5.74, 6) is 0.104. The molecule has 0 radical (unpaired) electrons. The van der Waals surface area contributed by atoms with Gasteiger partial charge in [0, 0.05) is 17.4 Å². The summed E-state index contributed by atoms with van der Waals surface area (Å²) in [6.07, 6.45) is 2.48. The number of rotatable bonds is 5. The second kappa shape index (κ2) is 6.89. The molecular formula is C13H18INO. The highest BCUT2D eigenvalue weighted by Crippen LogP contribution is 2.13. The molecule has 16 heavy (non-hydrogen) atoms. The zero-order valence-electron chi connectivity index (χ0n) is 9.79. The second-order valence-electron chi connectivity index (χ2n) is 3.98. The largest absolute Gasteiger partial charge is 0.359 e. The number of nitrogens with one attached hydrogen (secondary N) is 1. The molecule has 1 unspecified atom stereocenters. The van der Waals surface area contributed by atoms with E-state index in [1.165, 1.54) is 11.1 Å². The molecule has 0 saturated carbocycles. The van der Waals surface area contributed by atoms with Crippen molar-refractivity contribution in [2.45, 2.75) is 30.1 Å². The van der Waals surface area contributed by atoms with Gasteiger partial charge < -0.3 is 5.32 Å². The predicted molar refractivity (Wildman–Crippen MR) is 76.0 cm³/mol. The number of carbonyl (C=O) groups is 1. The summed E-state index contributed by atoms with van der Waals surface area (Å²) in [6.45, 7) is 2.21. The van der Waals surface area contributed by atoms with Crippen molar-refractivity contribution in [1.29, 1.82) is 0 Å². The first-order chi connectivity index (χ1) is 7.61. The molecule has 1 aromatic carbocycles. The van der Waals surface area contributed by atoms with Gasteiger partial charge in [0.2, 0.25) is 5.91 Å². The van der Waals surface area contributed by atoms with Crippen molar-refractivity contribution in [3.63, 3.8) is 0 Å². The molecule has 1 amide bonds. The van der Waals surface area contributed by atoms with Crippen LogP contribution in [0, 0.1) is 0 Å². The molecule has 0 aliphatic carbocycles. The normalized spacial score (nSPS) is 12.2. The molecule has 0 aromatic heterocycles. The SMILES string of the molecule is CNC(=O)CCc1cccc(CC(C)I)c1. The van der Waals surface area contributed by atoms with Gasteiger partial charge in [-0.2, -0.15) is 0 Å². The van der Waals surface area contributed by atoms with Crippen LogP contribution < -0.4 is 5.32 Å². The van der Waals surface area contributed by atoms with Gasteiger partial charge in [0.25, 0.3) is 0 Å². The van der Waals surface area contributed by atoms with E-state index in [9.17, 15) is 4.79 Å². The minimum atomic E-state index is 0.104. The minimum absolute atomic E-state index is 0.104. The van der Waals surface area contributed by atoms with E-state index in [1.54, 1.807) is 7.05 Å². The molecule has 0 fully saturated rings. The van der Waals surface area contributed by atoms with Crippen molar-refractivity contribution in [2.75, 3.05) is 7.05 Å². The highest BCUT2D eigenvalue weighted by molar-refractivity contribution is 14.1. The Hall–Kier alpha value is -0.580. The van der Waals surface area contributed by atoms with Gasteiger partial charge in [-0.05, 0) is 24.0 Å². The smallest absolute Gasteiger partial charge is 0.220 e. The zero-order valence-corrected chi connectivity index (χ0v) is 12.0. The Labute approximate surface area is 111 Å². The fourth-order valence-corrected chi connectivity index (χ4v) is 2.13. The van der Waals surface area contributed by atoms with Crippen LogP contribution in [-0.4, -0.2) is 16.9 Å². The molecule has 2 nitrogen and oxygen atoms in total. The van der Waals surface area contributed by atoms with Crippen LogP contribution in [0.15, 0.2) is 24.3 Å². The summed E-state index contributed by atoms with van der Waals surface area (Å²) in [5, 5.41) is 2.64. The lowest BCUT2D eigenvalue weighted by Gasteiger charge is -2.06. The third kappa shape index (κ3) is 4.96. The standard InChI is InChI=1S/C13H18INO/c1-10(14)8-12-5-3-4-11(9-12)6-7-13(16)15-2/h3-5,9-10H,6-8H2,1-2H3,(H,15,16). The molecule has 1 atom stereocenters. The van der Waals surface area contributed by atoms with Crippen molar-refractivity contribution >= 4 is 28.5 Å². The summed E-state index contributed by atoms with van der Waals surface area (Å²) in [5.41, 5.74) is 2.61. The molecule has 1 rings (SSSR count). The number of benzene rings is 1. The van der Waals surface area contributed by atoms with E-state index in [0.717, 1.165) is 12.8 Å². The third-order valence-corrected chi connectivity index (χ3v) is 2.87. The molecule has 1 aromatic rings. The van der Waals surface area contributed by atoms with Gasteiger partial charge in [-0.3, -0.25) is 4.79 Å². The first kappa shape index (κ1) is 13.5. The summed E-state index contributed by atoms with van der Waals surface area (Å²) >= 11 is 2.43. The van der Waals surface area contributed by atoms with E-state index >= 15 is 0 Å². The lowest BCUT2D eigenvalue weighted by atomic mass is 10.0. The molecule has 0 saturated heterocycles. The Morgan fingerprint density at radius 1 is 1.44 bits per heavy atom. The molecule has 3 heteroatoms. The second-order valence-corrected chi connectivity index (χ2v) is 6.10. The first-order valence-corrected chi connectivity index (χ1v) is 6.79. The summed E-state index contributed by atoms with van der Waals surface area (Å²) < 4.78 is 0.645. The molecular weight excluding hydrogens is 313 g/mol. The lowest BCUT2D eigenvalue weighted by molar-refractivity contribution is -0.120. The van der Waals surface area contributed by atoms with E-state index in [2.05, 4.69) is 59.1 Å². The van der Waals surface area contributed by atoms with E-state index in [4.69, 9.17) is 0 Å². The van der Waals surface area contributed by atoms with Crippen molar-refractivity contribution in [1.82, 2.24) is 5.32 Å². The average molecular weight is 331 g/mol. The van der Waals surface area contributed by atoms with Crippen LogP contribution in [0.5, 0.6) is 0 Å². The van der Waals surface area contributed by atoms with Crippen LogP contribution in [0.4, 0.5) is 0 Å². The van der Waals surface area contributed by atoms with Crippen LogP contribution in [0.25, 0.3) is 0 Å². The maximum absolute atomic E-state index is 11.1. The molecule has 0 heterocycles. The fraction of sp³-hybridized carbons (Fsp3) is 0.462. The predicted octanol–water partition coefficient (Wildman–Crippen LogP) is 2.73. The molecule has 0 aliphatic rings. The van der Waals surface area contributed by atoms with Crippen molar-refractivity contribution < 1.29 is 4.79 Å². The number of aryl methyl sites for hydroxylation is 1. The molecule has 0 aliphatic heterocycles. The number of alkyl halides is 1. The van der Waals surface area contributed by atoms with Gasteiger partial charge in [-0.1, -0.05) is 53.8 Å². The number of amides is 1. The van der Waals surface area contributed by atoms with Gasteiger partial charge >= 0.3 is 0 Å². The van der Waals surface area contributed by atoms with Gasteiger partial charge in [-0.25, -0.2) is 0 Å². The molecule has 88 valence electrons. The molecule has 0 spiro atoms. The maximum Gasteiger partial charge on any atom is 0.220 e. The molecule has 1 N–H and O–H groups in total. The van der Waals surface area contributed by atoms with Crippen LogP contribution in [0.1, 0.15) is 24.5 Å². The number of carbonyl (C=O) groups excluding carboxylic acids is 1. The summed E-state index contributed by atoms with van der Waals surface area (Å²) in [4.78, 5) is 11.1. The fourth-order valence-electron chi connectivity index (χ4n) is 1.62. The Bertz CT molecular complexity index is 350. The van der Waals surface area contributed by atoms with Gasteiger partial charge in [0.15, 0.2) is 0 Å². The zero-order chi connectivity index (χ0) is 12.0. The summed E-state index contributed by atoms with van der Waals surface area (Å²) in [6, 6.07) is 8.52. The minimum Gasteiger partial charge on any atom is -0.359 e. The molecule has 0 bridgehead atoms. The van der Waals surface area contributed by atoms with E-state index in [1.807, 2.05) is 0 Å². The lowest BCUT2D eigenvalue weighted by Crippen LogP contribution is -2.17. The van der Waals surface area contributed by atoms with Gasteiger partial charge in [0.1, 0.15) is 0 Å². The highest BCUT2D eigenvalue weighted by atomic mass is 127. The Balaban J connectivity index is 2.56. The van der Waals surface area contributed by atoms with Crippen LogP contribution >= 0.6 is 22.6 Å². The van der Waals surface area contributed by atoms with Crippen LogP contribution in [0.3, 0.4) is 0 Å². The van der Waals surface area contributed by atoms with Crippen LogP contribution in [0.2, 0.25) is 0 Å². The quantitative estimate of drug-likeness (QED) is 0.652. The van der Waals surface area contributed by atoms with E-state index in [-0.39, 0.29) is 5.91 Å². The summed E-state index contributed by atoms with van der Waals surface area (Å²) in [7, 11) is 1.68. The van der Waals surface area contributed by atoms with Crippen LogP contribution in [-0.2, 0) is 17.6 Å². The average Bonchev–Trinajstić information content (AvgIpc) is 2.25.